The average molecular weight is 456 g/mol. The third-order valence-electron chi connectivity index (χ3n) is 5.03. The molecule has 2 aromatic heterocycles. The Hall–Kier alpha value is -2.82. The van der Waals surface area contributed by atoms with E-state index < -0.39 is 21.9 Å². The van der Waals surface area contributed by atoms with E-state index in [1.807, 2.05) is 6.92 Å². The van der Waals surface area contributed by atoms with E-state index in [0.29, 0.717) is 28.6 Å². The summed E-state index contributed by atoms with van der Waals surface area (Å²) in [6, 6.07) is 9.16. The fraction of sp³-hybridized carbons (Fsp3) is 0.263. The number of hydrogen-bond acceptors (Lipinski definition) is 5. The third-order valence-corrected chi connectivity index (χ3v) is 5.96. The van der Waals surface area contributed by atoms with Crippen molar-refractivity contribution in [2.24, 2.45) is 12.2 Å². The number of halogens is 1. The number of sulfonamides is 1. The molecule has 3 rings (SSSR count). The van der Waals surface area contributed by atoms with Crippen LogP contribution in [0.3, 0.4) is 0 Å². The topological polar surface area (TPSA) is 140 Å². The van der Waals surface area contributed by atoms with Crippen molar-refractivity contribution in [3.05, 3.63) is 59.4 Å². The number of primary sulfonamides is 1. The Morgan fingerprint density at radius 1 is 1.20 bits per heavy atom. The molecule has 1 atom stereocenters. The maximum atomic E-state index is 11.5. The molecular formula is C19H22ClN3O6S. The molecule has 0 aliphatic carbocycles. The Morgan fingerprint density at radius 3 is 2.27 bits per heavy atom. The van der Waals surface area contributed by atoms with Crippen molar-refractivity contribution < 1.29 is 44.9 Å². The van der Waals surface area contributed by atoms with Gasteiger partial charge in [-0.25, -0.2) is 18.1 Å². The number of carboxylic acid groups (broad SMARTS) is 1. The van der Waals surface area contributed by atoms with Crippen molar-refractivity contribution in [3.8, 4) is 11.3 Å². The standard InChI is InChI=1S/C19H21N3O6S.ClH/c1-11-12(2)22(25)19(21(11)3)15(10-18(23)24)17-9-8-16(28-17)13-4-6-14(7-5-13)29(20,26)27;/h4-9,15H,10H2,1-3H3,(H3-,20,23,24,25,26,27);1H. The van der Waals surface area contributed by atoms with Gasteiger partial charge in [0.15, 0.2) is 5.69 Å². The van der Waals surface area contributed by atoms with Gasteiger partial charge in [-0.3, -0.25) is 4.79 Å². The zero-order valence-electron chi connectivity index (χ0n) is 16.5. The Bertz CT molecular complexity index is 1160. The molecule has 0 spiro atoms. The Kier molecular flexibility index (Phi) is 6.65. The minimum Gasteiger partial charge on any atom is -1.00 e. The zero-order valence-corrected chi connectivity index (χ0v) is 18.1. The van der Waals surface area contributed by atoms with Gasteiger partial charge >= 0.3 is 11.8 Å². The average Bonchev–Trinajstić information content (AvgIpc) is 3.21. The van der Waals surface area contributed by atoms with Crippen molar-refractivity contribution in [1.29, 1.82) is 0 Å². The lowest BCUT2D eigenvalue weighted by molar-refractivity contribution is -0.687. The Balaban J connectivity index is 0.00000320. The molecule has 0 radical (unpaired) electrons. The molecule has 2 heterocycles. The number of imidazole rings is 1. The fourth-order valence-electron chi connectivity index (χ4n) is 3.26. The lowest BCUT2D eigenvalue weighted by Gasteiger charge is -2.09. The largest absolute Gasteiger partial charge is 1.00 e. The highest BCUT2D eigenvalue weighted by Gasteiger charge is 2.36. The van der Waals surface area contributed by atoms with Crippen LogP contribution in [0.1, 0.15) is 35.3 Å². The predicted molar refractivity (Wildman–Crippen MR) is 102 cm³/mol. The molecular weight excluding hydrogens is 434 g/mol. The van der Waals surface area contributed by atoms with E-state index in [0.717, 1.165) is 10.4 Å². The van der Waals surface area contributed by atoms with Crippen LogP contribution in [0.25, 0.3) is 11.3 Å². The summed E-state index contributed by atoms with van der Waals surface area (Å²) in [5, 5.41) is 25.0. The number of rotatable bonds is 6. The highest BCUT2D eigenvalue weighted by Crippen LogP contribution is 2.32. The first kappa shape index (κ1) is 23.5. The molecule has 30 heavy (non-hydrogen) atoms. The van der Waals surface area contributed by atoms with Gasteiger partial charge in [-0.15, -0.1) is 0 Å². The molecule has 0 aliphatic heterocycles. The van der Waals surface area contributed by atoms with Gasteiger partial charge in [0, 0.05) is 19.4 Å². The van der Waals surface area contributed by atoms with Gasteiger partial charge in [0.2, 0.25) is 10.0 Å². The van der Waals surface area contributed by atoms with Crippen LogP contribution < -0.4 is 22.1 Å². The van der Waals surface area contributed by atoms with Crippen LogP contribution in [0.4, 0.5) is 0 Å². The van der Waals surface area contributed by atoms with E-state index in [1.165, 1.54) is 12.1 Å². The van der Waals surface area contributed by atoms with Crippen molar-refractivity contribution in [1.82, 2.24) is 4.73 Å². The molecule has 11 heteroatoms. The number of nitrogens with two attached hydrogens (primary N) is 1. The monoisotopic (exact) mass is 455 g/mol. The van der Waals surface area contributed by atoms with Crippen LogP contribution in [0, 0.1) is 13.8 Å². The summed E-state index contributed by atoms with van der Waals surface area (Å²) in [6.45, 7) is 3.56. The molecule has 3 aromatic rings. The number of aliphatic carboxylic acids is 1. The van der Waals surface area contributed by atoms with Crippen LogP contribution in [0.15, 0.2) is 45.7 Å². The second kappa shape index (κ2) is 8.50. The maximum absolute atomic E-state index is 11.5. The molecule has 0 saturated heterocycles. The van der Waals surface area contributed by atoms with Crippen LogP contribution >= 0.6 is 0 Å². The van der Waals surface area contributed by atoms with Gasteiger partial charge < -0.3 is 27.1 Å². The Morgan fingerprint density at radius 2 is 1.80 bits per heavy atom. The summed E-state index contributed by atoms with van der Waals surface area (Å²) >= 11 is 0. The van der Waals surface area contributed by atoms with E-state index in [-0.39, 0.29) is 23.7 Å². The lowest BCUT2D eigenvalue weighted by Crippen LogP contribution is -3.00. The van der Waals surface area contributed by atoms with Gasteiger partial charge in [-0.05, 0) is 41.1 Å². The molecule has 0 bridgehead atoms. The normalized spacial score (nSPS) is 12.4. The number of aromatic nitrogens is 2. The molecule has 162 valence electrons. The van der Waals surface area contributed by atoms with Gasteiger partial charge in [-0.2, -0.15) is 0 Å². The third kappa shape index (κ3) is 4.35. The van der Waals surface area contributed by atoms with Crippen LogP contribution in [-0.2, 0) is 21.9 Å². The zero-order chi connectivity index (χ0) is 21.5. The molecule has 1 unspecified atom stereocenters. The second-order valence-electron chi connectivity index (χ2n) is 6.82. The van der Waals surface area contributed by atoms with Crippen molar-refractivity contribution in [2.75, 3.05) is 0 Å². The Labute approximate surface area is 179 Å². The van der Waals surface area contributed by atoms with Gasteiger partial charge in [-0.1, -0.05) is 0 Å². The summed E-state index contributed by atoms with van der Waals surface area (Å²) in [6.07, 6.45) is -0.283. The summed E-state index contributed by atoms with van der Waals surface area (Å²) in [4.78, 5) is 11.4. The van der Waals surface area contributed by atoms with Gasteiger partial charge in [0.05, 0.1) is 18.4 Å². The van der Waals surface area contributed by atoms with E-state index in [9.17, 15) is 23.5 Å². The first-order chi connectivity index (χ1) is 13.5. The summed E-state index contributed by atoms with van der Waals surface area (Å²) in [7, 11) is -2.05. The van der Waals surface area contributed by atoms with Crippen LogP contribution in [0.5, 0.6) is 0 Å². The molecule has 0 aliphatic rings. The number of nitrogens with zero attached hydrogens (tertiary/aromatic N) is 2. The first-order valence-corrected chi connectivity index (χ1v) is 10.3. The predicted octanol–water partition coefficient (Wildman–Crippen LogP) is -1.32. The minimum atomic E-state index is -3.80. The number of hydrogen-bond donors (Lipinski definition) is 3. The van der Waals surface area contributed by atoms with Crippen molar-refractivity contribution >= 4 is 16.0 Å². The number of carbonyl (C=O) groups is 1. The molecule has 0 saturated carbocycles. The molecule has 1 aromatic carbocycles. The summed E-state index contributed by atoms with van der Waals surface area (Å²) in [5.41, 5.74) is 2.00. The van der Waals surface area contributed by atoms with Gasteiger partial charge in [0.25, 0.3) is 0 Å². The van der Waals surface area contributed by atoms with Crippen LogP contribution in [-0.4, -0.2) is 29.4 Å². The SMILES string of the molecule is Cc1c(C)[n+](C)c(C(CC(=O)O)c2ccc(-c3ccc(S(N)(=O)=O)cc3)o2)n1O.[Cl-]. The number of carboxylic acids is 1. The van der Waals surface area contributed by atoms with E-state index in [2.05, 4.69) is 0 Å². The van der Waals surface area contributed by atoms with E-state index >= 15 is 0 Å². The van der Waals surface area contributed by atoms with Crippen LogP contribution in [0.2, 0.25) is 0 Å². The number of furan rings is 1. The highest BCUT2D eigenvalue weighted by atomic mass is 35.5. The quantitative estimate of drug-likeness (QED) is 0.311. The summed E-state index contributed by atoms with van der Waals surface area (Å²) in [5.74, 6) is -0.591. The highest BCUT2D eigenvalue weighted by molar-refractivity contribution is 7.89. The minimum absolute atomic E-state index is 0. The molecule has 0 amide bonds. The molecule has 4 N–H and O–H groups in total. The molecule has 0 fully saturated rings. The maximum Gasteiger partial charge on any atom is 0.307 e. The fourth-order valence-corrected chi connectivity index (χ4v) is 3.78. The second-order valence-corrected chi connectivity index (χ2v) is 8.38. The smallest absolute Gasteiger partial charge is 0.307 e. The van der Waals surface area contributed by atoms with E-state index in [1.54, 1.807) is 42.8 Å². The van der Waals surface area contributed by atoms with Crippen molar-refractivity contribution in [3.63, 3.8) is 0 Å². The van der Waals surface area contributed by atoms with Crippen molar-refractivity contribution in [2.45, 2.75) is 31.1 Å². The number of benzene rings is 1. The first-order valence-electron chi connectivity index (χ1n) is 8.72. The lowest BCUT2D eigenvalue weighted by atomic mass is 10.0. The molecule has 9 nitrogen and oxygen atoms in total. The van der Waals surface area contributed by atoms with E-state index in [4.69, 9.17) is 9.56 Å². The summed E-state index contributed by atoms with van der Waals surface area (Å²) < 4.78 is 31.4. The van der Waals surface area contributed by atoms with Gasteiger partial charge in [0.1, 0.15) is 23.1 Å².